The van der Waals surface area contributed by atoms with Crippen molar-refractivity contribution < 1.29 is 9.53 Å². The second kappa shape index (κ2) is 9.73. The molecule has 4 fully saturated rings. The maximum absolute atomic E-state index is 13.1. The summed E-state index contributed by atoms with van der Waals surface area (Å²) in [6, 6.07) is 6.15. The summed E-state index contributed by atoms with van der Waals surface area (Å²) < 4.78 is 5.52. The molecule has 2 atom stereocenters. The normalized spacial score (nSPS) is 23.8. The molecule has 2 aromatic rings. The number of hydrogen-bond donors (Lipinski definition) is 2. The Morgan fingerprint density at radius 1 is 1.22 bits per heavy atom. The molecule has 190 valence electrons. The number of carbonyl (C=O) groups excluding carboxylic acids is 1. The van der Waals surface area contributed by atoms with E-state index in [0.717, 1.165) is 80.5 Å². The number of nitrogen functional groups attached to an aromatic ring is 1. The van der Waals surface area contributed by atoms with Gasteiger partial charge < -0.3 is 25.6 Å². The van der Waals surface area contributed by atoms with Crippen LogP contribution in [0.4, 0.5) is 23.0 Å². The van der Waals surface area contributed by atoms with Crippen LogP contribution in [0.25, 0.3) is 6.08 Å². The summed E-state index contributed by atoms with van der Waals surface area (Å²) in [6.07, 6.45) is 11.1. The smallest absolute Gasteiger partial charge is 0.223 e. The number of ether oxygens (including phenoxy) is 1. The molecule has 2 saturated carbocycles. The van der Waals surface area contributed by atoms with Gasteiger partial charge in [-0.2, -0.15) is 0 Å². The minimum Gasteiger partial charge on any atom is -0.396 e. The number of rotatable bonds is 9. The average Bonchev–Trinajstić information content (AvgIpc) is 3.76. The lowest BCUT2D eigenvalue weighted by Gasteiger charge is -2.43. The Morgan fingerprint density at radius 2 is 2.06 bits per heavy atom. The van der Waals surface area contributed by atoms with E-state index in [-0.39, 0.29) is 18.1 Å². The van der Waals surface area contributed by atoms with Crippen molar-refractivity contribution in [3.8, 4) is 0 Å². The summed E-state index contributed by atoms with van der Waals surface area (Å²) in [5.41, 5.74) is 10.3. The molecule has 0 bridgehead atoms. The van der Waals surface area contributed by atoms with Gasteiger partial charge in [0.25, 0.3) is 0 Å². The number of hydrogen-bond acceptors (Lipinski definition) is 7. The number of nitrogens with two attached hydrogens (primary N) is 1. The Balaban J connectivity index is 1.20. The topological polar surface area (TPSA) is 96.6 Å². The van der Waals surface area contributed by atoms with Gasteiger partial charge in [0.05, 0.1) is 29.2 Å². The highest BCUT2D eigenvalue weighted by molar-refractivity contribution is 5.78. The van der Waals surface area contributed by atoms with Crippen LogP contribution in [-0.4, -0.2) is 59.2 Å². The van der Waals surface area contributed by atoms with E-state index in [0.29, 0.717) is 23.9 Å². The molecule has 1 unspecified atom stereocenters. The highest BCUT2D eigenvalue weighted by atomic mass is 16.5. The van der Waals surface area contributed by atoms with Gasteiger partial charge >= 0.3 is 0 Å². The number of piperazine rings is 1. The number of nitrogens with zero attached hydrogens (tertiary/aromatic N) is 4. The Bertz CT molecular complexity index is 1140. The van der Waals surface area contributed by atoms with Crippen molar-refractivity contribution in [3.05, 3.63) is 42.2 Å². The van der Waals surface area contributed by atoms with E-state index in [1.165, 1.54) is 12.8 Å². The van der Waals surface area contributed by atoms with Crippen LogP contribution in [0, 0.1) is 5.92 Å². The molecule has 0 spiro atoms. The van der Waals surface area contributed by atoms with Gasteiger partial charge in [0.2, 0.25) is 5.91 Å². The molecular formula is C28H36N6O2. The maximum atomic E-state index is 13.1. The van der Waals surface area contributed by atoms with Crippen molar-refractivity contribution in [2.75, 3.05) is 42.2 Å². The standard InChI is InChI=1S/C28H36N6O2/c1-2-18-9-11-30-25(15-18)31-23-16-22(29)28(32-27(23)20-5-6-20)33-12-13-34(24(17-33)19-3-4-19)26(35)8-7-21-10-14-36-21/h2,9,11,15-16,19-21,24H,1,3-8,10,12-14,17,29H2,(H,30,31)/t21?,24-/m0/s1. The fourth-order valence-electron chi connectivity index (χ4n) is 5.47. The molecule has 8 nitrogen and oxygen atoms in total. The molecule has 0 aromatic carbocycles. The van der Waals surface area contributed by atoms with E-state index in [9.17, 15) is 4.79 Å². The molecule has 2 aliphatic heterocycles. The molecule has 8 heteroatoms. The van der Waals surface area contributed by atoms with Gasteiger partial charge in [-0.1, -0.05) is 12.7 Å². The van der Waals surface area contributed by atoms with Crippen LogP contribution in [0.3, 0.4) is 0 Å². The zero-order chi connectivity index (χ0) is 24.6. The summed E-state index contributed by atoms with van der Waals surface area (Å²) in [5.74, 6) is 2.93. The van der Waals surface area contributed by atoms with Crippen LogP contribution in [0.2, 0.25) is 0 Å². The summed E-state index contributed by atoms with van der Waals surface area (Å²) in [6.45, 7) is 6.97. The van der Waals surface area contributed by atoms with Gasteiger partial charge in [-0.15, -0.1) is 0 Å². The predicted octanol–water partition coefficient (Wildman–Crippen LogP) is 4.32. The molecular weight excluding hydrogens is 452 g/mol. The quantitative estimate of drug-likeness (QED) is 0.543. The lowest BCUT2D eigenvalue weighted by Crippen LogP contribution is -2.56. The predicted molar refractivity (Wildman–Crippen MR) is 142 cm³/mol. The number of amides is 1. The van der Waals surface area contributed by atoms with Gasteiger partial charge in [0.1, 0.15) is 5.82 Å². The summed E-state index contributed by atoms with van der Waals surface area (Å²) in [4.78, 5) is 27.1. The van der Waals surface area contributed by atoms with Gasteiger partial charge in [-0.3, -0.25) is 4.79 Å². The average molecular weight is 489 g/mol. The third-order valence-corrected chi connectivity index (χ3v) is 7.99. The molecule has 4 heterocycles. The van der Waals surface area contributed by atoms with Crippen molar-refractivity contribution in [2.24, 2.45) is 5.92 Å². The molecule has 4 aliphatic rings. The SMILES string of the molecule is C=Cc1ccnc(Nc2cc(N)c(N3CCN(C(=O)CCC4CCO4)[C@H](C4CC4)C3)nc2C2CC2)c1. The van der Waals surface area contributed by atoms with E-state index >= 15 is 0 Å². The Kier molecular flexibility index (Phi) is 6.29. The second-order valence-corrected chi connectivity index (χ2v) is 10.7. The number of carbonyl (C=O) groups is 1. The maximum Gasteiger partial charge on any atom is 0.223 e. The first-order valence-electron chi connectivity index (χ1n) is 13.4. The van der Waals surface area contributed by atoms with Gasteiger partial charge in [-0.05, 0) is 68.2 Å². The molecule has 2 aliphatic carbocycles. The fraction of sp³-hybridized carbons (Fsp3) is 0.536. The minimum absolute atomic E-state index is 0.239. The molecule has 36 heavy (non-hydrogen) atoms. The minimum atomic E-state index is 0.239. The van der Waals surface area contributed by atoms with Gasteiger partial charge in [0, 0.05) is 44.8 Å². The van der Waals surface area contributed by atoms with Crippen molar-refractivity contribution in [2.45, 2.75) is 63.0 Å². The number of aromatic nitrogens is 2. The number of pyridine rings is 2. The molecule has 0 radical (unpaired) electrons. The fourth-order valence-corrected chi connectivity index (χ4v) is 5.47. The Labute approximate surface area is 212 Å². The lowest BCUT2D eigenvalue weighted by molar-refractivity contribution is -0.136. The van der Waals surface area contributed by atoms with Crippen LogP contribution in [0.15, 0.2) is 31.0 Å². The van der Waals surface area contributed by atoms with Gasteiger partial charge in [-0.25, -0.2) is 9.97 Å². The first-order valence-corrected chi connectivity index (χ1v) is 13.4. The largest absolute Gasteiger partial charge is 0.396 e. The zero-order valence-corrected chi connectivity index (χ0v) is 20.9. The highest BCUT2D eigenvalue weighted by Crippen LogP contribution is 2.45. The molecule has 3 N–H and O–H groups in total. The van der Waals surface area contributed by atoms with Crippen molar-refractivity contribution in [1.29, 1.82) is 0 Å². The number of nitrogens with one attached hydrogen (secondary N) is 1. The van der Waals surface area contributed by atoms with E-state index in [2.05, 4.69) is 26.7 Å². The molecule has 2 saturated heterocycles. The number of anilines is 4. The van der Waals surface area contributed by atoms with Crippen LogP contribution in [0.1, 0.15) is 62.1 Å². The third-order valence-electron chi connectivity index (χ3n) is 7.99. The van der Waals surface area contributed by atoms with E-state index in [1.54, 1.807) is 6.20 Å². The van der Waals surface area contributed by atoms with Crippen LogP contribution >= 0.6 is 0 Å². The second-order valence-electron chi connectivity index (χ2n) is 10.7. The third kappa shape index (κ3) is 4.91. The van der Waals surface area contributed by atoms with Crippen LogP contribution < -0.4 is 16.0 Å². The monoisotopic (exact) mass is 488 g/mol. The van der Waals surface area contributed by atoms with Crippen LogP contribution in [0.5, 0.6) is 0 Å². The molecule has 1 amide bonds. The van der Waals surface area contributed by atoms with E-state index in [1.807, 2.05) is 24.3 Å². The van der Waals surface area contributed by atoms with Crippen molar-refractivity contribution in [3.63, 3.8) is 0 Å². The lowest BCUT2D eigenvalue weighted by atomic mass is 10.0. The van der Waals surface area contributed by atoms with Gasteiger partial charge in [0.15, 0.2) is 5.82 Å². The molecule has 6 rings (SSSR count). The Hall–Kier alpha value is -3.13. The summed E-state index contributed by atoms with van der Waals surface area (Å²) >= 11 is 0. The highest BCUT2D eigenvalue weighted by Gasteiger charge is 2.41. The van der Waals surface area contributed by atoms with Crippen molar-refractivity contribution in [1.82, 2.24) is 14.9 Å². The molecule has 2 aromatic heterocycles. The first kappa shape index (κ1) is 23.3. The van der Waals surface area contributed by atoms with E-state index < -0.39 is 0 Å². The van der Waals surface area contributed by atoms with Crippen molar-refractivity contribution >= 4 is 35.0 Å². The van der Waals surface area contributed by atoms with Crippen LogP contribution in [-0.2, 0) is 9.53 Å². The summed E-state index contributed by atoms with van der Waals surface area (Å²) in [7, 11) is 0. The zero-order valence-electron chi connectivity index (χ0n) is 20.9. The Morgan fingerprint density at radius 3 is 2.75 bits per heavy atom. The summed E-state index contributed by atoms with van der Waals surface area (Å²) in [5, 5.41) is 3.45. The van der Waals surface area contributed by atoms with E-state index in [4.69, 9.17) is 15.5 Å². The first-order chi connectivity index (χ1) is 17.6.